The van der Waals surface area contributed by atoms with Gasteiger partial charge in [-0.05, 0) is 104 Å². The second-order valence-electron chi connectivity index (χ2n) is 14.9. The normalized spacial score (nSPS) is 12.7. The van der Waals surface area contributed by atoms with Gasteiger partial charge < -0.3 is 9.32 Å². The van der Waals surface area contributed by atoms with Crippen LogP contribution in [0.1, 0.15) is 22.3 Å². The Hall–Kier alpha value is -7.42. The van der Waals surface area contributed by atoms with Crippen molar-refractivity contribution in [3.8, 4) is 33.4 Å². The van der Waals surface area contributed by atoms with E-state index >= 15 is 0 Å². The summed E-state index contributed by atoms with van der Waals surface area (Å²) in [7, 11) is 0. The highest BCUT2D eigenvalue weighted by Gasteiger charge is 2.46. The molecule has 2 nitrogen and oxygen atoms in total. The van der Waals surface area contributed by atoms with Crippen molar-refractivity contribution < 1.29 is 4.42 Å². The van der Waals surface area contributed by atoms with Gasteiger partial charge in [-0.25, -0.2) is 0 Å². The van der Waals surface area contributed by atoms with E-state index in [-0.39, 0.29) is 0 Å². The number of nitrogens with zero attached hydrogens (tertiary/aromatic N) is 1. The van der Waals surface area contributed by atoms with E-state index in [1.165, 1.54) is 55.6 Å². The summed E-state index contributed by atoms with van der Waals surface area (Å²) in [6.45, 7) is 0. The Kier molecular flexibility index (Phi) is 7.75. The van der Waals surface area contributed by atoms with Crippen LogP contribution in [-0.4, -0.2) is 0 Å². The third kappa shape index (κ3) is 5.33. The third-order valence-corrected chi connectivity index (χ3v) is 11.7. The monoisotopic (exact) mass is 727 g/mol. The van der Waals surface area contributed by atoms with Crippen LogP contribution >= 0.6 is 0 Å². The molecule has 1 aromatic heterocycles. The second-order valence-corrected chi connectivity index (χ2v) is 14.9. The molecule has 1 aliphatic rings. The number of rotatable bonds is 7. The largest absolute Gasteiger partial charge is 0.456 e. The minimum atomic E-state index is -0.489. The second kappa shape index (κ2) is 13.4. The van der Waals surface area contributed by atoms with Gasteiger partial charge in [0.15, 0.2) is 0 Å². The first-order chi connectivity index (χ1) is 28.3. The van der Waals surface area contributed by atoms with Gasteiger partial charge in [-0.15, -0.1) is 0 Å². The Labute approximate surface area is 332 Å². The van der Waals surface area contributed by atoms with E-state index in [4.69, 9.17) is 4.42 Å². The van der Waals surface area contributed by atoms with Crippen LogP contribution in [0.25, 0.3) is 55.3 Å². The molecular weight excluding hydrogens is 691 g/mol. The topological polar surface area (TPSA) is 16.4 Å². The molecular formula is C55H37NO. The molecule has 0 unspecified atom stereocenters. The minimum absolute atomic E-state index is 0.489. The Morgan fingerprint density at radius 3 is 1.42 bits per heavy atom. The molecule has 0 fully saturated rings. The molecule has 0 bridgehead atoms. The molecule has 1 heterocycles. The van der Waals surface area contributed by atoms with Crippen LogP contribution in [-0.2, 0) is 5.41 Å². The number of furan rings is 1. The van der Waals surface area contributed by atoms with Crippen LogP contribution in [0.3, 0.4) is 0 Å². The summed E-state index contributed by atoms with van der Waals surface area (Å²) in [4.78, 5) is 2.36. The smallest absolute Gasteiger partial charge is 0.135 e. The minimum Gasteiger partial charge on any atom is -0.456 e. The molecule has 0 N–H and O–H groups in total. The Morgan fingerprint density at radius 1 is 0.316 bits per heavy atom. The van der Waals surface area contributed by atoms with Crippen LogP contribution in [0.15, 0.2) is 229 Å². The van der Waals surface area contributed by atoms with Crippen LogP contribution in [0.5, 0.6) is 0 Å². The molecule has 9 aromatic carbocycles. The van der Waals surface area contributed by atoms with Gasteiger partial charge in [0.2, 0.25) is 0 Å². The first kappa shape index (κ1) is 33.0. The van der Waals surface area contributed by atoms with E-state index in [0.717, 1.165) is 39.0 Å². The van der Waals surface area contributed by atoms with Gasteiger partial charge in [-0.2, -0.15) is 0 Å². The van der Waals surface area contributed by atoms with Crippen LogP contribution in [0, 0.1) is 0 Å². The molecule has 0 radical (unpaired) electrons. The lowest BCUT2D eigenvalue weighted by Crippen LogP contribution is -2.28. The maximum Gasteiger partial charge on any atom is 0.135 e. The van der Waals surface area contributed by atoms with Crippen molar-refractivity contribution in [3.63, 3.8) is 0 Å². The molecule has 57 heavy (non-hydrogen) atoms. The molecule has 0 atom stereocenters. The highest BCUT2D eigenvalue weighted by Crippen LogP contribution is 2.56. The third-order valence-electron chi connectivity index (χ3n) is 11.7. The fourth-order valence-electron chi connectivity index (χ4n) is 9.21. The quantitative estimate of drug-likeness (QED) is 0.163. The van der Waals surface area contributed by atoms with Crippen molar-refractivity contribution in [1.29, 1.82) is 0 Å². The Morgan fingerprint density at radius 2 is 0.825 bits per heavy atom. The van der Waals surface area contributed by atoms with Gasteiger partial charge >= 0.3 is 0 Å². The molecule has 10 aromatic rings. The van der Waals surface area contributed by atoms with Crippen molar-refractivity contribution >= 4 is 39.0 Å². The van der Waals surface area contributed by atoms with Crippen LogP contribution in [0.2, 0.25) is 0 Å². The van der Waals surface area contributed by atoms with Gasteiger partial charge in [0.25, 0.3) is 0 Å². The maximum absolute atomic E-state index is 6.79. The Balaban J connectivity index is 1.09. The highest BCUT2D eigenvalue weighted by molar-refractivity contribution is 6.07. The maximum atomic E-state index is 6.79. The zero-order valence-electron chi connectivity index (χ0n) is 31.2. The van der Waals surface area contributed by atoms with E-state index in [9.17, 15) is 0 Å². The number of hydrogen-bond acceptors (Lipinski definition) is 2. The standard InChI is InChI=1S/C55H37NO/c1-4-16-38(17-5-1)40-20-14-24-44(34-40)56(45-25-15-21-41(35-45)39-18-6-2-7-19-39)46-31-33-53-50(37-46)49-32-30-43(36-54(49)57-53)55(42-22-8-3-9-23-42)51-28-12-10-26-47(51)48-27-11-13-29-52(48)55/h1-37H. The predicted octanol–water partition coefficient (Wildman–Crippen LogP) is 14.8. The molecule has 0 aliphatic heterocycles. The van der Waals surface area contributed by atoms with E-state index < -0.39 is 5.41 Å². The van der Waals surface area contributed by atoms with Gasteiger partial charge in [0, 0.05) is 27.8 Å². The molecule has 2 heteroatoms. The number of anilines is 3. The van der Waals surface area contributed by atoms with Crippen LogP contribution in [0.4, 0.5) is 17.1 Å². The summed E-state index contributed by atoms with van der Waals surface area (Å²) >= 11 is 0. The van der Waals surface area contributed by atoms with Crippen molar-refractivity contribution in [2.75, 3.05) is 4.90 Å². The van der Waals surface area contributed by atoms with Crippen LogP contribution < -0.4 is 4.90 Å². The molecule has 0 amide bonds. The lowest BCUT2D eigenvalue weighted by Gasteiger charge is -2.33. The van der Waals surface area contributed by atoms with Gasteiger partial charge in [-0.1, -0.05) is 176 Å². The zero-order valence-corrected chi connectivity index (χ0v) is 31.2. The molecule has 0 saturated carbocycles. The van der Waals surface area contributed by atoms with Crippen molar-refractivity contribution in [1.82, 2.24) is 0 Å². The summed E-state index contributed by atoms with van der Waals surface area (Å²) in [6, 6.07) is 81.0. The van der Waals surface area contributed by atoms with E-state index in [2.05, 4.69) is 229 Å². The Bertz CT molecular complexity index is 2940. The molecule has 0 saturated heterocycles. The zero-order chi connectivity index (χ0) is 37.8. The van der Waals surface area contributed by atoms with E-state index in [0.29, 0.717) is 0 Å². The van der Waals surface area contributed by atoms with Crippen molar-refractivity contribution in [2.45, 2.75) is 5.41 Å². The SMILES string of the molecule is c1ccc(-c2cccc(N(c3cccc(-c4ccccc4)c3)c3ccc4oc5cc(C6(c7ccccc7)c7ccccc7-c7ccccc76)ccc5c4c3)c2)cc1. The first-order valence-electron chi connectivity index (χ1n) is 19.6. The fourth-order valence-corrected chi connectivity index (χ4v) is 9.21. The summed E-state index contributed by atoms with van der Waals surface area (Å²) in [6.07, 6.45) is 0. The average Bonchev–Trinajstić information content (AvgIpc) is 3.81. The lowest BCUT2D eigenvalue weighted by atomic mass is 9.67. The first-order valence-corrected chi connectivity index (χ1v) is 19.6. The lowest BCUT2D eigenvalue weighted by molar-refractivity contribution is 0.665. The van der Waals surface area contributed by atoms with E-state index in [1.54, 1.807) is 0 Å². The van der Waals surface area contributed by atoms with Gasteiger partial charge in [-0.3, -0.25) is 0 Å². The summed E-state index contributed by atoms with van der Waals surface area (Å²) in [5.41, 5.74) is 16.8. The molecule has 0 spiro atoms. The number of fused-ring (bicyclic) bond motifs is 6. The number of hydrogen-bond donors (Lipinski definition) is 0. The van der Waals surface area contributed by atoms with Gasteiger partial charge in [0.1, 0.15) is 11.2 Å². The summed E-state index contributed by atoms with van der Waals surface area (Å²) in [5.74, 6) is 0. The van der Waals surface area contributed by atoms with Gasteiger partial charge in [0.05, 0.1) is 5.41 Å². The molecule has 1 aliphatic carbocycles. The summed E-state index contributed by atoms with van der Waals surface area (Å²) < 4.78 is 6.79. The predicted molar refractivity (Wildman–Crippen MR) is 237 cm³/mol. The molecule has 11 rings (SSSR count). The van der Waals surface area contributed by atoms with E-state index in [1.807, 2.05) is 0 Å². The average molecular weight is 728 g/mol. The van der Waals surface area contributed by atoms with Crippen molar-refractivity contribution in [2.24, 2.45) is 0 Å². The number of benzene rings is 9. The highest BCUT2D eigenvalue weighted by atomic mass is 16.3. The molecule has 268 valence electrons. The fraction of sp³-hybridized carbons (Fsp3) is 0.0182. The van der Waals surface area contributed by atoms with Crippen molar-refractivity contribution in [3.05, 3.63) is 247 Å². The summed E-state index contributed by atoms with van der Waals surface area (Å²) in [5, 5.41) is 2.17.